The quantitative estimate of drug-likeness (QED) is 0.527. The number of hydrogen-bond acceptors (Lipinski definition) is 0. The van der Waals surface area contributed by atoms with Crippen LogP contribution in [0.1, 0.15) is 45.1 Å². The van der Waals surface area contributed by atoms with Crippen LogP contribution >= 0.6 is 0 Å². The molecule has 4 heteroatoms. The van der Waals surface area contributed by atoms with E-state index in [9.17, 15) is 0 Å². The Kier molecular flexibility index (Phi) is 7.30. The van der Waals surface area contributed by atoms with Crippen LogP contribution in [0.3, 0.4) is 0 Å². The summed E-state index contributed by atoms with van der Waals surface area (Å²) in [6, 6.07) is 17.7. The molecule has 28 heavy (non-hydrogen) atoms. The van der Waals surface area contributed by atoms with E-state index < -0.39 is 20.4 Å². The summed E-state index contributed by atoms with van der Waals surface area (Å²) in [5, 5.41) is 0. The molecular formula is C24H26Cl2SiZr. The molecule has 3 aliphatic rings. The van der Waals surface area contributed by atoms with Gasteiger partial charge in [0.15, 0.2) is 0 Å². The second-order valence-corrected chi connectivity index (χ2v) is 23.8. The first kappa shape index (κ1) is 22.3. The Morgan fingerprint density at radius 3 is 1.93 bits per heavy atom. The van der Waals surface area contributed by atoms with Crippen molar-refractivity contribution in [1.82, 2.24) is 0 Å². The Morgan fingerprint density at radius 2 is 1.43 bits per heavy atom. The summed E-state index contributed by atoms with van der Waals surface area (Å²) in [7, 11) is 0. The Morgan fingerprint density at radius 1 is 0.857 bits per heavy atom. The van der Waals surface area contributed by atoms with Gasteiger partial charge in [-0.05, 0) is 0 Å². The fraction of sp³-hybridized carbons (Fsp3) is 0.333. The molecule has 1 heterocycles. The van der Waals surface area contributed by atoms with Crippen LogP contribution in [0.5, 0.6) is 0 Å². The number of aryl methyl sites for hydroxylation is 2. The van der Waals surface area contributed by atoms with E-state index in [1.807, 2.05) is 3.28 Å². The zero-order chi connectivity index (χ0) is 17.7. The zero-order valence-electron chi connectivity index (χ0n) is 16.6. The number of allylic oxidation sites excluding steroid dienone is 4. The van der Waals surface area contributed by atoms with Gasteiger partial charge in [-0.25, -0.2) is 0 Å². The zero-order valence-corrected chi connectivity index (χ0v) is 21.5. The summed E-state index contributed by atoms with van der Waals surface area (Å²) in [4.78, 5) is 0. The Labute approximate surface area is 189 Å². The maximum Gasteiger partial charge on any atom is -1.00 e. The smallest absolute Gasteiger partial charge is 1.00 e. The van der Waals surface area contributed by atoms with Crippen LogP contribution in [0.2, 0.25) is 12.1 Å². The third-order valence-electron chi connectivity index (χ3n) is 6.32. The summed E-state index contributed by atoms with van der Waals surface area (Å²) in [5.41, 5.74) is 9.20. The van der Waals surface area contributed by atoms with E-state index in [0.717, 1.165) is 3.63 Å². The van der Waals surface area contributed by atoms with Gasteiger partial charge in [-0.2, -0.15) is 0 Å². The molecule has 1 saturated heterocycles. The average molecular weight is 505 g/mol. The van der Waals surface area contributed by atoms with Gasteiger partial charge in [-0.3, -0.25) is 0 Å². The van der Waals surface area contributed by atoms with Crippen molar-refractivity contribution in [1.29, 1.82) is 0 Å². The van der Waals surface area contributed by atoms with Crippen LogP contribution < -0.4 is 24.8 Å². The summed E-state index contributed by atoms with van der Waals surface area (Å²) in [6.07, 6.45) is 11.6. The molecule has 0 bridgehead atoms. The van der Waals surface area contributed by atoms with Crippen molar-refractivity contribution in [3.05, 3.63) is 80.2 Å². The second kappa shape index (κ2) is 9.17. The molecule has 1 fully saturated rings. The van der Waals surface area contributed by atoms with Crippen LogP contribution in [0.25, 0.3) is 11.1 Å². The van der Waals surface area contributed by atoms with Crippen molar-refractivity contribution >= 4 is 5.43 Å². The average Bonchev–Trinajstić information content (AvgIpc) is 3.37. The topological polar surface area (TPSA) is 0 Å². The molecule has 2 aliphatic carbocycles. The van der Waals surface area contributed by atoms with Crippen molar-refractivity contribution in [2.45, 2.75) is 48.8 Å². The second-order valence-electron chi connectivity index (χ2n) is 8.16. The van der Waals surface area contributed by atoms with E-state index in [-0.39, 0.29) is 30.2 Å². The minimum atomic E-state index is -1.74. The summed E-state index contributed by atoms with van der Waals surface area (Å²) >= 11 is -1.74. The molecule has 1 aliphatic heterocycles. The molecule has 2 aromatic rings. The standard InChI is InChI=1S/C15H13.C5H5.C4H8Si.2ClH.Zr/c1-10-3-5-14-12(7-10)9-13-8-11(2)4-6-15(13)14;2*1-2-4-5-3-1;;;/h3-9H,1-2H3;1-3H,4H2;1-4H2;2*1H;/q;;;;;+2/p-2. The number of benzene rings is 2. The first-order chi connectivity index (χ1) is 12.7. The van der Waals surface area contributed by atoms with Crippen LogP contribution in [-0.4, -0.2) is 5.43 Å². The Hall–Kier alpha value is -0.400. The van der Waals surface area contributed by atoms with Crippen LogP contribution in [0.15, 0.2) is 57.9 Å². The fourth-order valence-corrected chi connectivity index (χ4v) is 29.1. The van der Waals surface area contributed by atoms with Crippen molar-refractivity contribution < 1.29 is 45.2 Å². The molecule has 0 amide bonds. The van der Waals surface area contributed by atoms with Gasteiger partial charge in [0.05, 0.1) is 0 Å². The van der Waals surface area contributed by atoms with E-state index in [4.69, 9.17) is 0 Å². The molecule has 144 valence electrons. The van der Waals surface area contributed by atoms with Gasteiger partial charge < -0.3 is 24.8 Å². The molecule has 0 radical (unpaired) electrons. The van der Waals surface area contributed by atoms with E-state index in [1.165, 1.54) is 30.4 Å². The summed E-state index contributed by atoms with van der Waals surface area (Å²) in [6.45, 7) is 4.55. The van der Waals surface area contributed by atoms with Crippen LogP contribution in [0, 0.1) is 13.8 Å². The molecule has 0 unspecified atom stereocenters. The predicted molar refractivity (Wildman–Crippen MR) is 110 cm³/mol. The minimum absolute atomic E-state index is 0. The van der Waals surface area contributed by atoms with E-state index in [2.05, 4.69) is 68.5 Å². The first-order valence-electron chi connectivity index (χ1n) is 10.0. The van der Waals surface area contributed by atoms with E-state index >= 15 is 0 Å². The molecule has 0 saturated carbocycles. The van der Waals surface area contributed by atoms with Crippen molar-refractivity contribution in [2.75, 3.05) is 0 Å². The largest absolute Gasteiger partial charge is 1.00 e. The molecule has 0 spiro atoms. The Bertz CT molecular complexity index is 944. The van der Waals surface area contributed by atoms with Crippen molar-refractivity contribution in [3.8, 4) is 11.1 Å². The van der Waals surface area contributed by atoms with Crippen molar-refractivity contribution in [2.24, 2.45) is 0 Å². The fourth-order valence-electron chi connectivity index (χ4n) is 5.15. The molecular weight excluding hydrogens is 478 g/mol. The minimum Gasteiger partial charge on any atom is -1.00 e. The van der Waals surface area contributed by atoms with Gasteiger partial charge in [0.25, 0.3) is 0 Å². The maximum atomic E-state index is 2.54. The third kappa shape index (κ3) is 3.83. The van der Waals surface area contributed by atoms with Gasteiger partial charge in [-0.15, -0.1) is 0 Å². The number of hydrogen-bond donors (Lipinski definition) is 0. The van der Waals surface area contributed by atoms with Gasteiger partial charge in [0, 0.05) is 0 Å². The molecule has 0 aromatic heterocycles. The van der Waals surface area contributed by atoms with Crippen LogP contribution in [-0.2, 0) is 20.4 Å². The van der Waals surface area contributed by atoms with Gasteiger partial charge >= 0.3 is 166 Å². The van der Waals surface area contributed by atoms with Crippen molar-refractivity contribution in [3.63, 3.8) is 0 Å². The van der Waals surface area contributed by atoms with Crippen LogP contribution in [0.4, 0.5) is 0 Å². The molecule has 0 N–H and O–H groups in total. The molecule has 0 atom stereocenters. The molecule has 2 aromatic carbocycles. The predicted octanol–water partition coefficient (Wildman–Crippen LogP) is 0.629. The number of rotatable bonds is 2. The Balaban J connectivity index is 0.00000112. The summed E-state index contributed by atoms with van der Waals surface area (Å²) in [5.74, 6) is 0. The normalized spacial score (nSPS) is 16.6. The summed E-state index contributed by atoms with van der Waals surface area (Å²) < 4.78 is 2.69. The first-order valence-corrected chi connectivity index (χ1v) is 18.3. The molecule has 5 rings (SSSR count). The third-order valence-corrected chi connectivity index (χ3v) is 27.5. The number of fused-ring (bicyclic) bond motifs is 3. The molecule has 0 nitrogen and oxygen atoms in total. The monoisotopic (exact) mass is 502 g/mol. The van der Waals surface area contributed by atoms with E-state index in [0.29, 0.717) is 0 Å². The SMILES string of the molecule is Cc1ccc2c(c1)[CH]([Zr+2]([C]1=CC=CC1)=[Si]1CCCC1)c1cc(C)ccc1-2.[Cl-].[Cl-]. The van der Waals surface area contributed by atoms with Gasteiger partial charge in [0.1, 0.15) is 0 Å². The van der Waals surface area contributed by atoms with Gasteiger partial charge in [0.2, 0.25) is 0 Å². The maximum absolute atomic E-state index is 2.54. The van der Waals surface area contributed by atoms with E-state index in [1.54, 1.807) is 34.3 Å². The number of halogens is 2. The van der Waals surface area contributed by atoms with Gasteiger partial charge in [-0.1, -0.05) is 0 Å².